The number of hydrogen-bond donors (Lipinski definition) is 1. The average molecular weight is 289 g/mol. The van der Waals surface area contributed by atoms with E-state index in [2.05, 4.69) is 25.8 Å². The quantitative estimate of drug-likeness (QED) is 0.924. The summed E-state index contributed by atoms with van der Waals surface area (Å²) in [6.45, 7) is 5.34. The first-order valence-electron chi connectivity index (χ1n) is 6.90. The van der Waals surface area contributed by atoms with Gasteiger partial charge < -0.3 is 10.6 Å². The Morgan fingerprint density at radius 2 is 2.00 bits per heavy atom. The summed E-state index contributed by atoms with van der Waals surface area (Å²) in [5.74, 6) is 1.09. The van der Waals surface area contributed by atoms with Crippen molar-refractivity contribution in [1.29, 1.82) is 0 Å². The normalized spacial score (nSPS) is 16.5. The largest absolute Gasteiger partial charge is 0.375 e. The van der Waals surface area contributed by atoms with Gasteiger partial charge in [-0.05, 0) is 18.6 Å². The van der Waals surface area contributed by atoms with Crippen molar-refractivity contribution in [3.63, 3.8) is 0 Å². The van der Waals surface area contributed by atoms with Crippen molar-refractivity contribution in [1.82, 2.24) is 14.9 Å². The monoisotopic (exact) mass is 289 g/mol. The van der Waals surface area contributed by atoms with Crippen LogP contribution in [0.5, 0.6) is 0 Å². The molecule has 0 spiro atoms. The Labute approximate surface area is 123 Å². The molecule has 0 saturated carbocycles. The van der Waals surface area contributed by atoms with Crippen LogP contribution >= 0.6 is 11.3 Å². The van der Waals surface area contributed by atoms with Crippen LogP contribution in [0.2, 0.25) is 0 Å². The molecule has 0 aromatic carbocycles. The molecular weight excluding hydrogens is 270 g/mol. The number of hydrogen-bond acceptors (Lipinski definition) is 6. The van der Waals surface area contributed by atoms with E-state index in [1.807, 2.05) is 24.5 Å². The Morgan fingerprint density at radius 1 is 1.15 bits per heavy atom. The number of nitrogens with two attached hydrogens (primary N) is 1. The predicted molar refractivity (Wildman–Crippen MR) is 83.1 cm³/mol. The molecular formula is C14H19N5S. The van der Waals surface area contributed by atoms with Crippen molar-refractivity contribution in [3.8, 4) is 0 Å². The molecule has 1 saturated heterocycles. The topological polar surface area (TPSA) is 58.3 Å². The van der Waals surface area contributed by atoms with Gasteiger partial charge in [-0.25, -0.2) is 9.97 Å². The highest BCUT2D eigenvalue weighted by atomic mass is 32.1. The highest BCUT2D eigenvalue weighted by molar-refractivity contribution is 7.15. The van der Waals surface area contributed by atoms with Gasteiger partial charge in [0.15, 0.2) is 5.13 Å². The van der Waals surface area contributed by atoms with Gasteiger partial charge in [0.1, 0.15) is 5.82 Å². The van der Waals surface area contributed by atoms with Gasteiger partial charge in [0.2, 0.25) is 0 Å². The van der Waals surface area contributed by atoms with E-state index in [1.165, 1.54) is 4.88 Å². The second kappa shape index (κ2) is 6.19. The summed E-state index contributed by atoms with van der Waals surface area (Å²) in [4.78, 5) is 14.6. The molecule has 1 aliphatic heterocycles. The van der Waals surface area contributed by atoms with Gasteiger partial charge in [0.25, 0.3) is 0 Å². The highest BCUT2D eigenvalue weighted by Gasteiger charge is 2.17. The Hall–Kier alpha value is -1.66. The fraction of sp³-hybridized carbons (Fsp3) is 0.429. The molecule has 3 heterocycles. The molecule has 3 rings (SSSR count). The van der Waals surface area contributed by atoms with Gasteiger partial charge in [-0.3, -0.25) is 4.90 Å². The first-order valence-corrected chi connectivity index (χ1v) is 7.71. The number of anilines is 2. The van der Waals surface area contributed by atoms with Gasteiger partial charge in [0.05, 0.1) is 0 Å². The van der Waals surface area contributed by atoms with Crippen LogP contribution in [-0.2, 0) is 6.42 Å². The molecule has 0 bridgehead atoms. The average Bonchev–Trinajstić information content (AvgIpc) is 2.92. The van der Waals surface area contributed by atoms with Crippen molar-refractivity contribution < 1.29 is 0 Å². The van der Waals surface area contributed by atoms with E-state index in [1.54, 1.807) is 11.3 Å². The van der Waals surface area contributed by atoms with Gasteiger partial charge >= 0.3 is 0 Å². The third-order valence-corrected chi connectivity index (χ3v) is 4.48. The number of thiazole rings is 1. The zero-order valence-corrected chi connectivity index (χ0v) is 12.2. The molecule has 2 aromatic rings. The van der Waals surface area contributed by atoms with E-state index in [0.717, 1.165) is 45.0 Å². The Bertz CT molecular complexity index is 534. The summed E-state index contributed by atoms with van der Waals surface area (Å²) in [7, 11) is 0. The molecule has 0 atom stereocenters. The summed E-state index contributed by atoms with van der Waals surface area (Å²) in [6.07, 6.45) is 4.79. The van der Waals surface area contributed by atoms with Crippen LogP contribution in [0.3, 0.4) is 0 Å². The van der Waals surface area contributed by atoms with Crippen LogP contribution in [0, 0.1) is 0 Å². The molecule has 6 heteroatoms. The lowest BCUT2D eigenvalue weighted by molar-refractivity contribution is 0.261. The fourth-order valence-corrected chi connectivity index (χ4v) is 3.12. The molecule has 106 valence electrons. The first-order chi connectivity index (χ1) is 9.81. The molecule has 1 aliphatic rings. The minimum absolute atomic E-state index is 0.667. The summed E-state index contributed by atoms with van der Waals surface area (Å²) < 4.78 is 0. The lowest BCUT2D eigenvalue weighted by Crippen LogP contribution is -2.47. The molecule has 0 radical (unpaired) electrons. The van der Waals surface area contributed by atoms with Crippen molar-refractivity contribution in [2.75, 3.05) is 43.4 Å². The highest BCUT2D eigenvalue weighted by Crippen LogP contribution is 2.16. The summed E-state index contributed by atoms with van der Waals surface area (Å²) in [6, 6.07) is 6.08. The molecule has 2 aromatic heterocycles. The van der Waals surface area contributed by atoms with Crippen LogP contribution < -0.4 is 10.6 Å². The molecule has 20 heavy (non-hydrogen) atoms. The van der Waals surface area contributed by atoms with Crippen LogP contribution in [0.4, 0.5) is 10.9 Å². The van der Waals surface area contributed by atoms with E-state index < -0.39 is 0 Å². The van der Waals surface area contributed by atoms with Crippen LogP contribution in [0.15, 0.2) is 30.6 Å². The zero-order chi connectivity index (χ0) is 13.8. The van der Waals surface area contributed by atoms with E-state index in [9.17, 15) is 0 Å². The van der Waals surface area contributed by atoms with E-state index in [4.69, 9.17) is 5.73 Å². The molecule has 0 aliphatic carbocycles. The summed E-state index contributed by atoms with van der Waals surface area (Å²) in [5, 5.41) is 0.667. The second-order valence-electron chi connectivity index (χ2n) is 4.93. The third kappa shape index (κ3) is 3.26. The van der Waals surface area contributed by atoms with Gasteiger partial charge in [0, 0.05) is 50.0 Å². The number of pyridine rings is 1. The van der Waals surface area contributed by atoms with Gasteiger partial charge in [-0.2, -0.15) is 0 Å². The van der Waals surface area contributed by atoms with Gasteiger partial charge in [-0.15, -0.1) is 11.3 Å². The van der Waals surface area contributed by atoms with Gasteiger partial charge in [-0.1, -0.05) is 6.07 Å². The second-order valence-corrected chi connectivity index (χ2v) is 6.08. The van der Waals surface area contributed by atoms with Crippen molar-refractivity contribution in [3.05, 3.63) is 35.5 Å². The van der Waals surface area contributed by atoms with Crippen LogP contribution in [0.1, 0.15) is 4.88 Å². The Balaban J connectivity index is 1.47. The Morgan fingerprint density at radius 3 is 2.65 bits per heavy atom. The first kappa shape index (κ1) is 13.3. The Kier molecular flexibility index (Phi) is 4.13. The van der Waals surface area contributed by atoms with E-state index in [0.29, 0.717) is 5.13 Å². The van der Waals surface area contributed by atoms with E-state index >= 15 is 0 Å². The lowest BCUT2D eigenvalue weighted by atomic mass is 10.2. The van der Waals surface area contributed by atoms with Crippen molar-refractivity contribution in [2.24, 2.45) is 0 Å². The molecule has 0 amide bonds. The minimum atomic E-state index is 0.667. The maximum absolute atomic E-state index is 5.65. The van der Waals surface area contributed by atoms with Crippen molar-refractivity contribution >= 4 is 22.3 Å². The summed E-state index contributed by atoms with van der Waals surface area (Å²) >= 11 is 1.59. The third-order valence-electron chi connectivity index (χ3n) is 3.59. The fourth-order valence-electron chi connectivity index (χ4n) is 2.45. The zero-order valence-electron chi connectivity index (χ0n) is 11.4. The van der Waals surface area contributed by atoms with Crippen LogP contribution in [-0.4, -0.2) is 47.6 Å². The maximum atomic E-state index is 5.65. The smallest absolute Gasteiger partial charge is 0.180 e. The number of rotatable bonds is 4. The predicted octanol–water partition coefficient (Wildman–Crippen LogP) is 1.49. The number of nitrogens with zero attached hydrogens (tertiary/aromatic N) is 4. The minimum Gasteiger partial charge on any atom is -0.375 e. The van der Waals surface area contributed by atoms with E-state index in [-0.39, 0.29) is 0 Å². The number of nitrogen functional groups attached to an aromatic ring is 1. The SMILES string of the molecule is Nc1ncc(CCN2CCN(c3ccccn3)CC2)s1. The van der Waals surface area contributed by atoms with Crippen molar-refractivity contribution in [2.45, 2.75) is 6.42 Å². The summed E-state index contributed by atoms with van der Waals surface area (Å²) in [5.41, 5.74) is 5.65. The molecule has 2 N–H and O–H groups in total. The molecule has 1 fully saturated rings. The number of piperazine rings is 1. The molecule has 5 nitrogen and oxygen atoms in total. The molecule has 0 unspecified atom stereocenters. The number of aromatic nitrogens is 2. The lowest BCUT2D eigenvalue weighted by Gasteiger charge is -2.35. The standard InChI is InChI=1S/C14H19N5S/c15-14-17-11-12(20-14)4-6-18-7-9-19(10-8-18)13-3-1-2-5-16-13/h1-3,5,11H,4,6-10H2,(H2,15,17). The van der Waals surface area contributed by atoms with Crippen LogP contribution in [0.25, 0.3) is 0 Å². The maximum Gasteiger partial charge on any atom is 0.180 e.